The lowest BCUT2D eigenvalue weighted by molar-refractivity contribution is -0.135. The van der Waals surface area contributed by atoms with Crippen molar-refractivity contribution in [3.63, 3.8) is 0 Å². The highest BCUT2D eigenvalue weighted by atomic mass is 35.5. The molecule has 4 aromatic rings. The maximum Gasteiger partial charge on any atom is 0.252 e. The molecular weight excluding hydrogens is 467 g/mol. The highest BCUT2D eigenvalue weighted by molar-refractivity contribution is 7.21. The second kappa shape index (κ2) is 8.47. The Labute approximate surface area is 198 Å². The van der Waals surface area contributed by atoms with Gasteiger partial charge in [0.15, 0.2) is 0 Å². The maximum absolute atomic E-state index is 12.3. The number of benzene rings is 3. The lowest BCUT2D eigenvalue weighted by Crippen LogP contribution is -2.25. The van der Waals surface area contributed by atoms with Crippen molar-refractivity contribution in [3.8, 4) is 11.5 Å². The number of amides is 1. The quantitative estimate of drug-likeness (QED) is 0.308. The van der Waals surface area contributed by atoms with Gasteiger partial charge in [0.05, 0.1) is 5.02 Å². The molecule has 1 aliphatic rings. The number of ether oxygens (including phenoxy) is 2. The van der Waals surface area contributed by atoms with Gasteiger partial charge in [-0.15, -0.1) is 16.4 Å². The number of rotatable bonds is 4. The van der Waals surface area contributed by atoms with Crippen molar-refractivity contribution in [3.05, 3.63) is 93.3 Å². The summed E-state index contributed by atoms with van der Waals surface area (Å²) in [5, 5.41) is 7.66. The predicted octanol–water partition coefficient (Wildman–Crippen LogP) is 7.24. The van der Waals surface area contributed by atoms with Gasteiger partial charge in [-0.3, -0.25) is 4.79 Å². The van der Waals surface area contributed by atoms with Crippen LogP contribution in [0.5, 0.6) is 11.5 Å². The summed E-state index contributed by atoms with van der Waals surface area (Å²) in [6, 6.07) is 22.4. The fourth-order valence-corrected chi connectivity index (χ4v) is 4.99. The van der Waals surface area contributed by atoms with Crippen LogP contribution in [0.3, 0.4) is 0 Å². The second-order valence-corrected chi connectivity index (χ2v) is 8.98. The first kappa shape index (κ1) is 20.8. The number of thiophene rings is 1. The lowest BCUT2D eigenvalue weighted by atomic mass is 10.2. The minimum Gasteiger partial charge on any atom is -0.457 e. The third kappa shape index (κ3) is 3.93. The molecule has 0 fully saturated rings. The number of hydrogen-bond donors (Lipinski definition) is 0. The standard InChI is InChI=1S/C24H16Cl2N2O3S/c1-14(29)28-24(15-6-5-9-18(12-15)30-17-7-3-2-4-8-17)31-23(27-28)22-21(26)19-13-16(25)10-11-20(19)32-22/h2-13,24H,1H3. The summed E-state index contributed by atoms with van der Waals surface area (Å²) in [6.45, 7) is 1.44. The van der Waals surface area contributed by atoms with Crippen molar-refractivity contribution in [1.29, 1.82) is 0 Å². The molecule has 160 valence electrons. The summed E-state index contributed by atoms with van der Waals surface area (Å²) >= 11 is 14.2. The van der Waals surface area contributed by atoms with E-state index < -0.39 is 6.23 Å². The first-order valence-corrected chi connectivity index (χ1v) is 11.3. The molecule has 0 saturated carbocycles. The Morgan fingerprint density at radius 2 is 1.81 bits per heavy atom. The van der Waals surface area contributed by atoms with Crippen molar-refractivity contribution >= 4 is 56.4 Å². The molecule has 1 aliphatic heterocycles. The molecule has 1 aromatic heterocycles. The predicted molar refractivity (Wildman–Crippen MR) is 128 cm³/mol. The molecule has 5 rings (SSSR count). The fraction of sp³-hybridized carbons (Fsp3) is 0.0833. The molecule has 0 aliphatic carbocycles. The summed E-state index contributed by atoms with van der Waals surface area (Å²) in [5.41, 5.74) is 0.729. The van der Waals surface area contributed by atoms with Gasteiger partial charge in [0.2, 0.25) is 12.1 Å². The molecule has 1 atom stereocenters. The van der Waals surface area contributed by atoms with Crippen molar-refractivity contribution in [2.24, 2.45) is 5.10 Å². The van der Waals surface area contributed by atoms with Gasteiger partial charge in [-0.1, -0.05) is 53.5 Å². The molecule has 1 unspecified atom stereocenters. The highest BCUT2D eigenvalue weighted by Crippen LogP contribution is 2.41. The number of halogens is 2. The Morgan fingerprint density at radius 1 is 1.03 bits per heavy atom. The SMILES string of the molecule is CC(=O)N1N=C(c2sc3ccc(Cl)cc3c2Cl)OC1c1cccc(Oc2ccccc2)c1. The average Bonchev–Trinajstić information content (AvgIpc) is 3.37. The van der Waals surface area contributed by atoms with Crippen LogP contribution in [0.15, 0.2) is 77.9 Å². The monoisotopic (exact) mass is 482 g/mol. The third-order valence-corrected chi connectivity index (χ3v) is 6.77. The topological polar surface area (TPSA) is 51.1 Å². The maximum atomic E-state index is 12.3. The normalized spacial score (nSPS) is 15.5. The van der Waals surface area contributed by atoms with Gasteiger partial charge in [-0.25, -0.2) is 0 Å². The summed E-state index contributed by atoms with van der Waals surface area (Å²) in [6.07, 6.45) is -0.730. The summed E-state index contributed by atoms with van der Waals surface area (Å²) < 4.78 is 13.0. The summed E-state index contributed by atoms with van der Waals surface area (Å²) in [4.78, 5) is 13.0. The van der Waals surface area contributed by atoms with E-state index in [-0.39, 0.29) is 5.91 Å². The minimum atomic E-state index is -0.730. The van der Waals surface area contributed by atoms with Crippen LogP contribution in [0.1, 0.15) is 23.6 Å². The van der Waals surface area contributed by atoms with Crippen LogP contribution in [-0.4, -0.2) is 16.8 Å². The van der Waals surface area contributed by atoms with Crippen molar-refractivity contribution in [1.82, 2.24) is 5.01 Å². The van der Waals surface area contributed by atoms with Crippen molar-refractivity contribution in [2.75, 3.05) is 0 Å². The van der Waals surface area contributed by atoms with Gasteiger partial charge in [-0.2, -0.15) is 5.01 Å². The Balaban J connectivity index is 1.47. The molecule has 5 nitrogen and oxygen atoms in total. The Hall–Kier alpha value is -3.06. The Bertz CT molecular complexity index is 1350. The van der Waals surface area contributed by atoms with E-state index >= 15 is 0 Å². The second-order valence-electron chi connectivity index (χ2n) is 7.11. The molecule has 1 amide bonds. The molecule has 8 heteroatoms. The number of carbonyl (C=O) groups is 1. The van der Waals surface area contributed by atoms with E-state index in [0.717, 1.165) is 15.6 Å². The van der Waals surface area contributed by atoms with Crippen LogP contribution in [-0.2, 0) is 9.53 Å². The van der Waals surface area contributed by atoms with Crippen LogP contribution in [0, 0.1) is 0 Å². The number of fused-ring (bicyclic) bond motifs is 1. The Kier molecular flexibility index (Phi) is 5.51. The van der Waals surface area contributed by atoms with E-state index in [1.165, 1.54) is 23.3 Å². The minimum absolute atomic E-state index is 0.250. The summed E-state index contributed by atoms with van der Waals surface area (Å²) in [5.74, 6) is 1.39. The number of hydrogen-bond acceptors (Lipinski definition) is 5. The van der Waals surface area contributed by atoms with Gasteiger partial charge in [0.1, 0.15) is 16.4 Å². The number of para-hydroxylation sites is 1. The molecule has 32 heavy (non-hydrogen) atoms. The molecule has 0 saturated heterocycles. The molecule has 0 bridgehead atoms. The van der Waals surface area contributed by atoms with E-state index in [1.54, 1.807) is 12.1 Å². The van der Waals surface area contributed by atoms with Gasteiger partial charge in [-0.05, 0) is 42.5 Å². The zero-order valence-corrected chi connectivity index (χ0v) is 19.1. The fourth-order valence-electron chi connectivity index (χ4n) is 3.41. The third-order valence-electron chi connectivity index (χ3n) is 4.87. The van der Waals surface area contributed by atoms with Gasteiger partial charge in [0.25, 0.3) is 5.90 Å². The first-order valence-electron chi connectivity index (χ1n) is 9.75. The van der Waals surface area contributed by atoms with Crippen LogP contribution in [0.2, 0.25) is 10.0 Å². The largest absolute Gasteiger partial charge is 0.457 e. The molecule has 2 heterocycles. The van der Waals surface area contributed by atoms with Gasteiger partial charge < -0.3 is 9.47 Å². The van der Waals surface area contributed by atoms with Crippen LogP contribution in [0.25, 0.3) is 10.1 Å². The van der Waals surface area contributed by atoms with Crippen LogP contribution < -0.4 is 4.74 Å². The van der Waals surface area contributed by atoms with Gasteiger partial charge in [0, 0.05) is 27.6 Å². The summed E-state index contributed by atoms with van der Waals surface area (Å²) in [7, 11) is 0. The molecule has 0 N–H and O–H groups in total. The smallest absolute Gasteiger partial charge is 0.252 e. The zero-order valence-electron chi connectivity index (χ0n) is 16.8. The number of nitrogens with zero attached hydrogens (tertiary/aromatic N) is 2. The van der Waals surface area contributed by atoms with Crippen LogP contribution >= 0.6 is 34.5 Å². The van der Waals surface area contributed by atoms with Crippen LogP contribution in [0.4, 0.5) is 0 Å². The van der Waals surface area contributed by atoms with E-state index in [1.807, 2.05) is 60.7 Å². The Morgan fingerprint density at radius 3 is 2.59 bits per heavy atom. The van der Waals surface area contributed by atoms with E-state index in [2.05, 4.69) is 5.10 Å². The lowest BCUT2D eigenvalue weighted by Gasteiger charge is -2.19. The highest BCUT2D eigenvalue weighted by Gasteiger charge is 2.35. The molecular formula is C24H16Cl2N2O3S. The average molecular weight is 483 g/mol. The van der Waals surface area contributed by atoms with Gasteiger partial charge >= 0.3 is 0 Å². The zero-order chi connectivity index (χ0) is 22.2. The molecule has 0 radical (unpaired) electrons. The van der Waals surface area contributed by atoms with E-state index in [0.29, 0.717) is 32.3 Å². The van der Waals surface area contributed by atoms with Crippen molar-refractivity contribution in [2.45, 2.75) is 13.2 Å². The molecule has 3 aromatic carbocycles. The number of hydrazone groups is 1. The van der Waals surface area contributed by atoms with Crippen molar-refractivity contribution < 1.29 is 14.3 Å². The number of carbonyl (C=O) groups excluding carboxylic acids is 1. The van der Waals surface area contributed by atoms with E-state index in [9.17, 15) is 4.79 Å². The first-order chi connectivity index (χ1) is 15.5. The van der Waals surface area contributed by atoms with E-state index in [4.69, 9.17) is 32.7 Å². The molecule has 0 spiro atoms.